The molecule has 0 spiro atoms. The molecule has 28 heavy (non-hydrogen) atoms. The van der Waals surface area contributed by atoms with Crippen molar-refractivity contribution in [1.29, 1.82) is 0 Å². The molecular formula is C18H19F3N4O3. The summed E-state index contributed by atoms with van der Waals surface area (Å²) >= 11 is 0. The lowest BCUT2D eigenvalue weighted by molar-refractivity contribution is -0.233. The number of hydrogen-bond acceptors (Lipinski definition) is 5. The van der Waals surface area contributed by atoms with Crippen molar-refractivity contribution < 1.29 is 22.7 Å². The molecule has 1 unspecified atom stereocenters. The highest BCUT2D eigenvalue weighted by Gasteiger charge is 2.44. The summed E-state index contributed by atoms with van der Waals surface area (Å²) in [5.74, 6) is -0.732. The van der Waals surface area contributed by atoms with Gasteiger partial charge in [-0.3, -0.25) is 19.6 Å². The van der Waals surface area contributed by atoms with E-state index in [2.05, 4.69) is 9.97 Å². The van der Waals surface area contributed by atoms with Gasteiger partial charge in [0.2, 0.25) is 0 Å². The molecule has 3 rings (SSSR count). The Balaban J connectivity index is 1.88. The number of aromatic nitrogens is 3. The molecule has 1 aliphatic rings. The molecule has 2 aromatic rings. The van der Waals surface area contributed by atoms with Gasteiger partial charge in [-0.2, -0.15) is 13.2 Å². The number of alkyl halides is 3. The summed E-state index contributed by atoms with van der Waals surface area (Å²) in [5, 5.41) is 0. The van der Waals surface area contributed by atoms with Gasteiger partial charge in [0.1, 0.15) is 5.56 Å². The van der Waals surface area contributed by atoms with E-state index in [0.29, 0.717) is 11.3 Å². The van der Waals surface area contributed by atoms with Crippen LogP contribution in [0.2, 0.25) is 0 Å². The quantitative estimate of drug-likeness (QED) is 0.790. The van der Waals surface area contributed by atoms with Crippen LogP contribution in [0.15, 0.2) is 29.5 Å². The lowest BCUT2D eigenvalue weighted by atomic mass is 10.1. The van der Waals surface area contributed by atoms with Crippen LogP contribution >= 0.6 is 0 Å². The van der Waals surface area contributed by atoms with E-state index in [1.165, 1.54) is 17.0 Å². The molecule has 0 radical (unpaired) electrons. The average molecular weight is 396 g/mol. The van der Waals surface area contributed by atoms with Gasteiger partial charge in [-0.25, -0.2) is 0 Å². The Bertz CT molecular complexity index is 925. The van der Waals surface area contributed by atoms with Crippen molar-refractivity contribution >= 4 is 5.91 Å². The van der Waals surface area contributed by atoms with Gasteiger partial charge in [0, 0.05) is 18.9 Å². The zero-order valence-electron chi connectivity index (χ0n) is 15.4. The fraction of sp³-hybridized carbons (Fsp3) is 0.444. The van der Waals surface area contributed by atoms with Gasteiger partial charge in [-0.1, -0.05) is 0 Å². The van der Waals surface area contributed by atoms with Crippen LogP contribution in [-0.2, 0) is 11.3 Å². The summed E-state index contributed by atoms with van der Waals surface area (Å²) < 4.78 is 44.8. The zero-order chi connectivity index (χ0) is 20.5. The van der Waals surface area contributed by atoms with Crippen molar-refractivity contribution in [3.63, 3.8) is 0 Å². The lowest BCUT2D eigenvalue weighted by Crippen LogP contribution is -2.52. The number of rotatable bonds is 3. The minimum Gasteiger partial charge on any atom is -0.365 e. The predicted molar refractivity (Wildman–Crippen MR) is 93.0 cm³/mol. The van der Waals surface area contributed by atoms with Crippen LogP contribution in [0.25, 0.3) is 0 Å². The number of morpholine rings is 1. The molecule has 1 amide bonds. The maximum Gasteiger partial charge on any atom is 0.416 e. The fourth-order valence-corrected chi connectivity index (χ4v) is 2.92. The Labute approximate surface area is 158 Å². The van der Waals surface area contributed by atoms with E-state index in [0.717, 1.165) is 10.6 Å². The third-order valence-corrected chi connectivity index (χ3v) is 4.47. The molecule has 150 valence electrons. The van der Waals surface area contributed by atoms with Crippen LogP contribution in [0.3, 0.4) is 0 Å². The molecule has 1 atom stereocenters. The normalized spacial score (nSPS) is 17.6. The molecule has 1 saturated heterocycles. The van der Waals surface area contributed by atoms with Gasteiger partial charge in [-0.15, -0.1) is 0 Å². The van der Waals surface area contributed by atoms with Crippen molar-refractivity contribution in [3.8, 4) is 0 Å². The highest BCUT2D eigenvalue weighted by Crippen LogP contribution is 2.26. The number of nitrogens with zero attached hydrogens (tertiary/aromatic N) is 4. The number of halogens is 3. The van der Waals surface area contributed by atoms with E-state index in [9.17, 15) is 22.8 Å². The summed E-state index contributed by atoms with van der Waals surface area (Å²) in [6.07, 6.45) is -2.02. The summed E-state index contributed by atoms with van der Waals surface area (Å²) in [6.45, 7) is 2.56. The van der Waals surface area contributed by atoms with Gasteiger partial charge < -0.3 is 14.2 Å². The van der Waals surface area contributed by atoms with Crippen molar-refractivity contribution in [2.45, 2.75) is 32.7 Å². The second kappa shape index (κ2) is 7.70. The van der Waals surface area contributed by atoms with Crippen molar-refractivity contribution in [1.82, 2.24) is 19.4 Å². The monoisotopic (exact) mass is 396 g/mol. The Kier molecular flexibility index (Phi) is 5.50. The largest absolute Gasteiger partial charge is 0.416 e. The number of carbonyl (C=O) groups excluding carboxylic acids is 1. The van der Waals surface area contributed by atoms with Gasteiger partial charge in [0.05, 0.1) is 37.3 Å². The van der Waals surface area contributed by atoms with Crippen LogP contribution in [0.1, 0.15) is 27.3 Å². The molecule has 10 heteroatoms. The van der Waals surface area contributed by atoms with Gasteiger partial charge >= 0.3 is 6.18 Å². The second-order valence-corrected chi connectivity index (χ2v) is 6.61. The molecule has 7 nitrogen and oxygen atoms in total. The maximum absolute atomic E-state index is 12.9. The van der Waals surface area contributed by atoms with E-state index in [1.807, 2.05) is 0 Å². The minimum absolute atomic E-state index is 0.0113. The molecular weight excluding hydrogens is 377 g/mol. The van der Waals surface area contributed by atoms with E-state index in [4.69, 9.17) is 4.74 Å². The topological polar surface area (TPSA) is 77.3 Å². The van der Waals surface area contributed by atoms with E-state index in [-0.39, 0.29) is 25.3 Å². The Hall–Kier alpha value is -2.75. The molecule has 0 N–H and O–H groups in total. The average Bonchev–Trinajstić information content (AvgIpc) is 2.65. The number of ether oxygens (including phenoxy) is 1. The summed E-state index contributed by atoms with van der Waals surface area (Å²) in [6, 6.07) is 1.58. The molecule has 1 fully saturated rings. The van der Waals surface area contributed by atoms with E-state index < -0.39 is 30.3 Å². The highest BCUT2D eigenvalue weighted by atomic mass is 19.4. The van der Waals surface area contributed by atoms with Crippen LogP contribution in [0, 0.1) is 13.8 Å². The minimum atomic E-state index is -4.57. The first kappa shape index (κ1) is 20.0. The molecule has 3 heterocycles. The first-order valence-corrected chi connectivity index (χ1v) is 8.62. The highest BCUT2D eigenvalue weighted by molar-refractivity contribution is 5.95. The molecule has 1 aliphatic heterocycles. The summed E-state index contributed by atoms with van der Waals surface area (Å²) in [5.41, 5.74) is 0.921. The predicted octanol–water partition coefficient (Wildman–Crippen LogP) is 1.71. The van der Waals surface area contributed by atoms with Crippen molar-refractivity contribution in [2.75, 3.05) is 19.7 Å². The molecule has 0 bridgehead atoms. The van der Waals surface area contributed by atoms with Crippen LogP contribution in [0.5, 0.6) is 0 Å². The molecule has 2 aromatic heterocycles. The Morgan fingerprint density at radius 1 is 1.29 bits per heavy atom. The van der Waals surface area contributed by atoms with Crippen LogP contribution in [-0.4, -0.2) is 57.3 Å². The molecule has 0 saturated carbocycles. The number of aryl methyl sites for hydroxylation is 2. The van der Waals surface area contributed by atoms with E-state index in [1.54, 1.807) is 26.1 Å². The second-order valence-electron chi connectivity index (χ2n) is 6.61. The van der Waals surface area contributed by atoms with Crippen molar-refractivity contribution in [2.24, 2.45) is 0 Å². The third-order valence-electron chi connectivity index (χ3n) is 4.47. The molecule has 0 aliphatic carbocycles. The number of carbonyl (C=O) groups is 1. The van der Waals surface area contributed by atoms with Gasteiger partial charge in [0.15, 0.2) is 6.10 Å². The van der Waals surface area contributed by atoms with Crippen LogP contribution < -0.4 is 5.56 Å². The lowest BCUT2D eigenvalue weighted by Gasteiger charge is -2.34. The fourth-order valence-electron chi connectivity index (χ4n) is 2.92. The molecule has 0 aromatic carbocycles. The SMILES string of the molecule is Cc1cnc(Cn2ccc(C)c(C(=O)N3CCOC(C(F)(F)F)C3)c2=O)cn1. The number of hydrogen-bond donors (Lipinski definition) is 0. The first-order valence-electron chi connectivity index (χ1n) is 8.62. The maximum atomic E-state index is 12.9. The summed E-state index contributed by atoms with van der Waals surface area (Å²) in [7, 11) is 0. The van der Waals surface area contributed by atoms with E-state index >= 15 is 0 Å². The van der Waals surface area contributed by atoms with Crippen molar-refractivity contribution in [3.05, 3.63) is 57.5 Å². The Morgan fingerprint density at radius 3 is 2.68 bits per heavy atom. The van der Waals surface area contributed by atoms with Crippen LogP contribution in [0.4, 0.5) is 13.2 Å². The Morgan fingerprint density at radius 2 is 2.04 bits per heavy atom. The smallest absolute Gasteiger partial charge is 0.365 e. The van der Waals surface area contributed by atoms with Gasteiger partial charge in [-0.05, 0) is 25.5 Å². The standard InChI is InChI=1S/C18H19F3N4O3/c1-11-3-4-24(9-13-8-22-12(2)7-23-13)16(26)15(11)17(27)25-5-6-28-14(10-25)18(19,20)21/h3-4,7-8,14H,5-6,9-10H2,1-2H3. The third kappa shape index (κ3) is 4.22. The number of pyridine rings is 1. The first-order chi connectivity index (χ1) is 13.2. The summed E-state index contributed by atoms with van der Waals surface area (Å²) in [4.78, 5) is 35.0. The zero-order valence-corrected chi connectivity index (χ0v) is 15.4. The number of amides is 1. The van der Waals surface area contributed by atoms with Gasteiger partial charge in [0.25, 0.3) is 11.5 Å².